The average Bonchev–Trinajstić information content (AvgIpc) is 2.76. The number of fused-ring (bicyclic) bond motifs is 1. The number of aromatic amines is 1. The molecule has 2 aromatic carbocycles. The van der Waals surface area contributed by atoms with Crippen molar-refractivity contribution in [2.75, 3.05) is 18.5 Å². The van der Waals surface area contributed by atoms with Crippen LogP contribution in [0.4, 0.5) is 10.1 Å². The van der Waals surface area contributed by atoms with Crippen LogP contribution in [0.25, 0.3) is 0 Å². The summed E-state index contributed by atoms with van der Waals surface area (Å²) in [6, 6.07) is 11.3. The summed E-state index contributed by atoms with van der Waals surface area (Å²) in [6.07, 6.45) is -0.106. The molecule has 0 radical (unpaired) electrons. The minimum atomic E-state index is -0.355. The average molecular weight is 441 g/mol. The van der Waals surface area contributed by atoms with Gasteiger partial charge in [0.2, 0.25) is 5.91 Å². The van der Waals surface area contributed by atoms with Gasteiger partial charge in [0.25, 0.3) is 5.56 Å². The van der Waals surface area contributed by atoms with Gasteiger partial charge in [0, 0.05) is 28.8 Å². The first-order valence-corrected chi connectivity index (χ1v) is 10.6. The molecular weight excluding hydrogens is 421 g/mol. The van der Waals surface area contributed by atoms with Crippen molar-refractivity contribution < 1.29 is 18.7 Å². The number of thioether (sulfide) groups is 1. The van der Waals surface area contributed by atoms with E-state index in [0.717, 1.165) is 5.56 Å². The molecule has 1 aliphatic heterocycles. The van der Waals surface area contributed by atoms with Crippen LogP contribution in [0, 0.1) is 12.7 Å². The largest absolute Gasteiger partial charge is 0.486 e. The van der Waals surface area contributed by atoms with Crippen LogP contribution in [0.3, 0.4) is 0 Å². The molecule has 0 atom stereocenters. The molecule has 1 aliphatic rings. The fraction of sp³-hybridized carbons (Fsp3) is 0.227. The van der Waals surface area contributed by atoms with Crippen molar-refractivity contribution in [3.05, 3.63) is 75.5 Å². The number of rotatable bonds is 6. The molecule has 1 amide bonds. The van der Waals surface area contributed by atoms with E-state index in [1.165, 1.54) is 23.9 Å². The zero-order valence-corrected chi connectivity index (χ0v) is 17.6. The molecule has 0 saturated heterocycles. The normalized spacial score (nSPS) is 12.5. The smallest absolute Gasteiger partial charge is 0.255 e. The maximum absolute atomic E-state index is 13.0. The van der Waals surface area contributed by atoms with E-state index in [4.69, 9.17) is 9.47 Å². The maximum Gasteiger partial charge on any atom is 0.255 e. The van der Waals surface area contributed by atoms with E-state index >= 15 is 0 Å². The highest BCUT2D eigenvalue weighted by molar-refractivity contribution is 7.98. The van der Waals surface area contributed by atoms with Crippen molar-refractivity contribution in [1.82, 2.24) is 9.97 Å². The number of amides is 1. The van der Waals surface area contributed by atoms with Gasteiger partial charge in [0.05, 0.1) is 6.42 Å². The van der Waals surface area contributed by atoms with Crippen molar-refractivity contribution in [3.63, 3.8) is 0 Å². The third kappa shape index (κ3) is 5.24. The Kier molecular flexibility index (Phi) is 6.22. The lowest BCUT2D eigenvalue weighted by Gasteiger charge is -2.19. The van der Waals surface area contributed by atoms with E-state index in [1.807, 2.05) is 0 Å². The molecule has 7 nitrogen and oxygen atoms in total. The number of hydrogen-bond donors (Lipinski definition) is 2. The van der Waals surface area contributed by atoms with Gasteiger partial charge in [0.15, 0.2) is 16.7 Å². The Bertz CT molecular complexity index is 1160. The molecule has 0 unspecified atom stereocenters. The standard InChI is InChI=1S/C22H20FN3O4S/c1-13-17(11-20(27)25-16-6-7-18-19(10-16)30-9-8-29-18)21(28)26-22(24-13)31-12-14-2-4-15(23)5-3-14/h2-7,10H,8-9,11-12H2,1H3,(H,25,27)(H,24,26,28). The van der Waals surface area contributed by atoms with Crippen LogP contribution in [0.2, 0.25) is 0 Å². The predicted molar refractivity (Wildman–Crippen MR) is 115 cm³/mol. The lowest BCUT2D eigenvalue weighted by molar-refractivity contribution is -0.115. The second kappa shape index (κ2) is 9.22. The van der Waals surface area contributed by atoms with Gasteiger partial charge in [-0.2, -0.15) is 0 Å². The summed E-state index contributed by atoms with van der Waals surface area (Å²) >= 11 is 1.34. The number of nitrogens with one attached hydrogen (secondary N) is 2. The predicted octanol–water partition coefficient (Wildman–Crippen LogP) is 3.46. The van der Waals surface area contributed by atoms with E-state index in [9.17, 15) is 14.0 Å². The molecule has 0 fully saturated rings. The molecule has 2 N–H and O–H groups in total. The molecule has 2 heterocycles. The lowest BCUT2D eigenvalue weighted by Crippen LogP contribution is -2.24. The molecule has 0 saturated carbocycles. The van der Waals surface area contributed by atoms with Gasteiger partial charge in [-0.15, -0.1) is 0 Å². The monoisotopic (exact) mass is 441 g/mol. The van der Waals surface area contributed by atoms with E-state index in [0.29, 0.717) is 52.6 Å². The summed E-state index contributed by atoms with van der Waals surface area (Å²) in [7, 11) is 0. The Morgan fingerprint density at radius 3 is 2.65 bits per heavy atom. The van der Waals surface area contributed by atoms with E-state index in [1.54, 1.807) is 37.3 Å². The SMILES string of the molecule is Cc1nc(SCc2ccc(F)cc2)[nH]c(=O)c1CC(=O)Nc1ccc2c(c1)OCCO2. The Balaban J connectivity index is 1.40. The third-order valence-electron chi connectivity index (χ3n) is 4.65. The number of hydrogen-bond acceptors (Lipinski definition) is 6. The first-order valence-electron chi connectivity index (χ1n) is 9.64. The summed E-state index contributed by atoms with van der Waals surface area (Å²) in [5.74, 6) is 1.11. The molecule has 9 heteroatoms. The number of anilines is 1. The minimum Gasteiger partial charge on any atom is -0.486 e. The summed E-state index contributed by atoms with van der Waals surface area (Å²) in [5.41, 5.74) is 1.91. The minimum absolute atomic E-state index is 0.106. The molecule has 0 bridgehead atoms. The molecule has 160 valence electrons. The molecular formula is C22H20FN3O4S. The quantitative estimate of drug-likeness (QED) is 0.450. The summed E-state index contributed by atoms with van der Waals surface area (Å²) < 4.78 is 24.0. The van der Waals surface area contributed by atoms with Gasteiger partial charge in [-0.1, -0.05) is 23.9 Å². The number of aryl methyl sites for hydroxylation is 1. The van der Waals surface area contributed by atoms with Crippen LogP contribution in [-0.2, 0) is 17.0 Å². The number of benzene rings is 2. The molecule has 31 heavy (non-hydrogen) atoms. The Morgan fingerprint density at radius 2 is 1.90 bits per heavy atom. The Morgan fingerprint density at radius 1 is 1.16 bits per heavy atom. The number of ether oxygens (including phenoxy) is 2. The summed E-state index contributed by atoms with van der Waals surface area (Å²) in [5, 5.41) is 3.22. The van der Waals surface area contributed by atoms with Crippen molar-refractivity contribution in [3.8, 4) is 11.5 Å². The van der Waals surface area contributed by atoms with E-state index in [2.05, 4.69) is 15.3 Å². The number of nitrogens with zero attached hydrogens (tertiary/aromatic N) is 1. The number of carbonyl (C=O) groups excluding carboxylic acids is 1. The molecule has 1 aromatic heterocycles. The maximum atomic E-state index is 13.0. The second-order valence-electron chi connectivity index (χ2n) is 6.93. The third-order valence-corrected chi connectivity index (χ3v) is 5.60. The van der Waals surface area contributed by atoms with Crippen molar-refractivity contribution >= 4 is 23.4 Å². The van der Waals surface area contributed by atoms with Crippen LogP contribution in [0.5, 0.6) is 11.5 Å². The van der Waals surface area contributed by atoms with Crippen LogP contribution < -0.4 is 20.3 Å². The Labute approximate surface area is 182 Å². The highest BCUT2D eigenvalue weighted by Crippen LogP contribution is 2.32. The summed E-state index contributed by atoms with van der Waals surface area (Å²) in [6.45, 7) is 2.64. The zero-order valence-electron chi connectivity index (χ0n) is 16.7. The Hall–Kier alpha value is -3.33. The first-order chi connectivity index (χ1) is 15.0. The van der Waals surface area contributed by atoms with Crippen molar-refractivity contribution in [2.45, 2.75) is 24.3 Å². The van der Waals surface area contributed by atoms with Gasteiger partial charge in [-0.25, -0.2) is 9.37 Å². The van der Waals surface area contributed by atoms with Crippen LogP contribution >= 0.6 is 11.8 Å². The van der Waals surface area contributed by atoms with Gasteiger partial charge in [-0.05, 0) is 36.8 Å². The van der Waals surface area contributed by atoms with Gasteiger partial charge in [-0.3, -0.25) is 9.59 Å². The topological polar surface area (TPSA) is 93.3 Å². The molecule has 4 rings (SSSR count). The highest BCUT2D eigenvalue weighted by atomic mass is 32.2. The zero-order chi connectivity index (χ0) is 21.8. The van der Waals surface area contributed by atoms with E-state index < -0.39 is 0 Å². The fourth-order valence-corrected chi connectivity index (χ4v) is 3.94. The molecule has 0 aliphatic carbocycles. The highest BCUT2D eigenvalue weighted by Gasteiger charge is 2.16. The van der Waals surface area contributed by atoms with Crippen LogP contribution in [0.1, 0.15) is 16.8 Å². The van der Waals surface area contributed by atoms with Gasteiger partial charge in [0.1, 0.15) is 19.0 Å². The van der Waals surface area contributed by atoms with Gasteiger partial charge < -0.3 is 19.8 Å². The van der Waals surface area contributed by atoms with E-state index in [-0.39, 0.29) is 23.7 Å². The summed E-state index contributed by atoms with van der Waals surface area (Å²) in [4.78, 5) is 32.1. The number of aromatic nitrogens is 2. The molecule has 3 aromatic rings. The van der Waals surface area contributed by atoms with Crippen molar-refractivity contribution in [1.29, 1.82) is 0 Å². The fourth-order valence-electron chi connectivity index (χ4n) is 3.08. The van der Waals surface area contributed by atoms with Crippen LogP contribution in [0.15, 0.2) is 52.4 Å². The first kappa shape index (κ1) is 20.9. The number of halogens is 1. The van der Waals surface area contributed by atoms with Crippen molar-refractivity contribution in [2.24, 2.45) is 0 Å². The van der Waals surface area contributed by atoms with Crippen LogP contribution in [-0.4, -0.2) is 29.1 Å². The number of carbonyl (C=O) groups is 1. The second-order valence-corrected chi connectivity index (χ2v) is 7.90. The molecule has 0 spiro atoms. The number of H-pyrrole nitrogens is 1. The lowest BCUT2D eigenvalue weighted by atomic mass is 10.1. The van der Waals surface area contributed by atoms with Gasteiger partial charge >= 0.3 is 0 Å².